The number of hydrogen-bond donors (Lipinski definition) is 11. The minimum absolute atomic E-state index is 0.0339. The number of ether oxygens (including phenoxy) is 5. The van der Waals surface area contributed by atoms with Gasteiger partial charge in [-0.15, -0.1) is 11.8 Å². The Kier molecular flexibility index (Phi) is 35.8. The molecule has 1 aliphatic rings. The average Bonchev–Trinajstić information content (AvgIpc) is 0.720. The van der Waals surface area contributed by atoms with Crippen molar-refractivity contribution >= 4 is 78.7 Å². The van der Waals surface area contributed by atoms with Crippen LogP contribution in [0.5, 0.6) is 40.2 Å². The number of phenolic OH excluding ortho intramolecular Hbond substituents is 6. The summed E-state index contributed by atoms with van der Waals surface area (Å²) in [7, 11) is 0. The highest BCUT2D eigenvalue weighted by molar-refractivity contribution is 7.99. The number of alkyl halides is 6. The van der Waals surface area contributed by atoms with Crippen molar-refractivity contribution in [2.75, 3.05) is 31.7 Å². The number of barbiturate groups is 1. The van der Waals surface area contributed by atoms with Crippen LogP contribution in [-0.2, 0) is 72.9 Å². The molecule has 6 aromatic carbocycles. The molecule has 0 radical (unpaired) electrons. The summed E-state index contributed by atoms with van der Waals surface area (Å²) < 4.78 is 103. The summed E-state index contributed by atoms with van der Waals surface area (Å²) >= 11 is 1.03. The first kappa shape index (κ1) is 84.6. The minimum atomic E-state index is -5.70. The topological polar surface area (TPSA) is 440 Å². The Balaban J connectivity index is 0.000000588. The number of Topliss-reactive ketones (excluding diaryl/α,β-unsaturated/α-hetero) is 1. The number of halogens is 6. The fourth-order valence-corrected chi connectivity index (χ4v) is 8.24. The number of benzene rings is 6. The molecule has 0 aliphatic carbocycles. The first-order chi connectivity index (χ1) is 45.9. The van der Waals surface area contributed by atoms with E-state index in [0.717, 1.165) is 47.2 Å². The molecule has 1 saturated heterocycles. The molecule has 27 nitrogen and oxygen atoms in total. The van der Waals surface area contributed by atoms with E-state index in [-0.39, 0.29) is 66.3 Å². The van der Waals surface area contributed by atoms with E-state index >= 15 is 0 Å². The van der Waals surface area contributed by atoms with E-state index in [2.05, 4.69) is 43.4 Å². The number of amides is 4. The van der Waals surface area contributed by atoms with E-state index in [9.17, 15) is 89.3 Å². The number of aliphatic carboxylic acids is 3. The number of carboxylic acid groups (broad SMARTS) is 3. The Morgan fingerprint density at radius 1 is 0.490 bits per heavy atom. The molecule has 0 saturated carbocycles. The number of carbonyl (C=O) groups excluding carboxylic acids is 8. The molecule has 6 aromatic rings. The quantitative estimate of drug-likeness (QED) is 0.00417. The molecule has 34 heteroatoms. The summed E-state index contributed by atoms with van der Waals surface area (Å²) in [6.45, 7) is 7.07. The lowest BCUT2D eigenvalue weighted by molar-refractivity contribution is -0.288. The molecule has 0 bridgehead atoms. The zero-order chi connectivity index (χ0) is 74.5. The highest BCUT2D eigenvalue weighted by Gasteiger charge is 2.72. The number of aromatic hydroxyl groups is 6. The van der Waals surface area contributed by atoms with E-state index in [1.54, 1.807) is 38.1 Å². The zero-order valence-electron chi connectivity index (χ0n) is 52.0. The molecule has 0 unspecified atom stereocenters. The van der Waals surface area contributed by atoms with Gasteiger partial charge in [0.2, 0.25) is 17.2 Å². The van der Waals surface area contributed by atoms with Gasteiger partial charge < -0.3 is 69.6 Å². The third-order valence-electron chi connectivity index (χ3n) is 12.9. The molecule has 0 atom stereocenters. The molecule has 4 amide bonds. The third kappa shape index (κ3) is 28.3. The molecule has 98 heavy (non-hydrogen) atoms. The number of esters is 1. The number of thioether (sulfide) groups is 1. The van der Waals surface area contributed by atoms with E-state index in [4.69, 9.17) is 40.5 Å². The molecule has 1 fully saturated rings. The molecular weight excluding hydrogens is 1340 g/mol. The molecular formula is C64H66F6N2O25S. The van der Waals surface area contributed by atoms with Crippen LogP contribution in [0.15, 0.2) is 146 Å². The monoisotopic (exact) mass is 1410 g/mol. The summed E-state index contributed by atoms with van der Waals surface area (Å²) in [5.74, 6) is -5.11. The molecule has 0 spiro atoms. The van der Waals surface area contributed by atoms with Crippen LogP contribution < -0.4 is 15.4 Å². The van der Waals surface area contributed by atoms with E-state index in [1.165, 1.54) is 48.5 Å². The smallest absolute Gasteiger partial charge is 0.411 e. The predicted octanol–water partition coefficient (Wildman–Crippen LogP) is 8.76. The maximum absolute atomic E-state index is 13.6. The van der Waals surface area contributed by atoms with Crippen LogP contribution in [0.1, 0.15) is 79.6 Å². The molecule has 530 valence electrons. The second-order valence-electron chi connectivity index (χ2n) is 19.8. The van der Waals surface area contributed by atoms with Crippen molar-refractivity contribution in [3.05, 3.63) is 173 Å². The van der Waals surface area contributed by atoms with Crippen molar-refractivity contribution < 1.29 is 149 Å². The van der Waals surface area contributed by atoms with Crippen molar-refractivity contribution in [2.45, 2.75) is 70.1 Å². The highest BCUT2D eigenvalue weighted by Crippen LogP contribution is 2.56. The summed E-state index contributed by atoms with van der Waals surface area (Å²) in [5.41, 5.74) is -5.06. The van der Waals surface area contributed by atoms with Crippen LogP contribution in [0.4, 0.5) is 31.1 Å². The standard InChI is InChI=1S/C15H10F6O2.C15H16O2.C13H10O4.C8H12N2O3.C5H6O5.C4H6O5.C4H6O4S/c16-14(17,18)13(15(19,20)21,9-1-5-11(22)6-2-9)10-3-7-12(23)8-4-10;1-15(2,11-3-7-13(16)8-4-11)12-5-9-14(17)10-6-12;14-10-3-1-9(2-4-10)13(16)17-12-7-5-11(15)6-8-12;1-3-8(4-2)5(11)9-7(13)10-6(8)12;6-3-10-2-4(7)1-5(8)9;5-2-9-3-8-1-4(6)7;5-2-8-3-9-1-4(6)7/h1-8,22-23H;3-10,16-17H,1-2H3;1-8,14-15H;3-4H2,1-2H3,(H2,9,10,11,12,13);3H,1-2H2,(H,8,9);2*2H,1,3H2,(H,6,7). The van der Waals surface area contributed by atoms with Gasteiger partial charge in [-0.3, -0.25) is 49.0 Å². The summed E-state index contributed by atoms with van der Waals surface area (Å²) in [4.78, 5) is 113. The van der Waals surface area contributed by atoms with Gasteiger partial charge >= 0.3 is 42.3 Å². The van der Waals surface area contributed by atoms with Crippen LogP contribution in [0, 0.1) is 5.41 Å². The van der Waals surface area contributed by atoms with E-state index in [1.807, 2.05) is 24.3 Å². The number of urea groups is 1. The number of carboxylic acids is 3. The maximum Gasteiger partial charge on any atom is 0.411 e. The number of hydrogen-bond acceptors (Lipinski definition) is 23. The van der Waals surface area contributed by atoms with Gasteiger partial charge in [0.1, 0.15) is 71.2 Å². The maximum atomic E-state index is 13.6. The Hall–Kier alpha value is -11.4. The van der Waals surface area contributed by atoms with Gasteiger partial charge in [-0.2, -0.15) is 26.3 Å². The van der Waals surface area contributed by atoms with Crippen LogP contribution in [-0.4, -0.2) is 157 Å². The first-order valence-corrected chi connectivity index (χ1v) is 28.8. The van der Waals surface area contributed by atoms with Crippen LogP contribution >= 0.6 is 11.8 Å². The lowest BCUT2D eigenvalue weighted by atomic mass is 9.73. The van der Waals surface area contributed by atoms with Gasteiger partial charge in [-0.05, 0) is 132 Å². The summed E-state index contributed by atoms with van der Waals surface area (Å²) in [5, 5.41) is 83.2. The van der Waals surface area contributed by atoms with Crippen LogP contribution in [0.2, 0.25) is 0 Å². The van der Waals surface area contributed by atoms with E-state index < -0.39 is 113 Å². The predicted molar refractivity (Wildman–Crippen MR) is 330 cm³/mol. The normalized spacial score (nSPS) is 12.0. The van der Waals surface area contributed by atoms with Crippen molar-refractivity contribution in [2.24, 2.45) is 5.41 Å². The second-order valence-corrected chi connectivity index (χ2v) is 20.7. The van der Waals surface area contributed by atoms with Gasteiger partial charge in [-0.1, -0.05) is 76.2 Å². The van der Waals surface area contributed by atoms with Gasteiger partial charge in [0, 0.05) is 5.41 Å². The lowest BCUT2D eigenvalue weighted by Gasteiger charge is -2.38. The van der Waals surface area contributed by atoms with Crippen molar-refractivity contribution in [3.8, 4) is 40.2 Å². The fraction of sp³-hybridized carbons (Fsp3) is 0.266. The lowest BCUT2D eigenvalue weighted by Crippen LogP contribution is -2.61. The Labute approximate surface area is 557 Å². The Morgan fingerprint density at radius 2 is 0.847 bits per heavy atom. The zero-order valence-corrected chi connectivity index (χ0v) is 52.8. The molecule has 11 N–H and O–H groups in total. The number of ketones is 1. The van der Waals surface area contributed by atoms with Crippen molar-refractivity contribution in [1.29, 1.82) is 0 Å². The average molecular weight is 1410 g/mol. The second kappa shape index (κ2) is 41.4. The molecule has 7 rings (SSSR count). The molecule has 0 aromatic heterocycles. The van der Waals surface area contributed by atoms with Crippen molar-refractivity contribution in [3.63, 3.8) is 0 Å². The van der Waals surface area contributed by atoms with Gasteiger partial charge in [-0.25, -0.2) is 14.4 Å². The summed E-state index contributed by atoms with van der Waals surface area (Å²) in [6.07, 6.45) is -11.2. The number of phenols is 6. The number of carbonyl (C=O) groups is 11. The highest BCUT2D eigenvalue weighted by atomic mass is 32.2. The van der Waals surface area contributed by atoms with Gasteiger partial charge in [0.05, 0.1) is 11.3 Å². The summed E-state index contributed by atoms with van der Waals surface area (Å²) in [6, 6.07) is 30.6. The third-order valence-corrected chi connectivity index (χ3v) is 13.6. The SMILES string of the molecule is CC(C)(c1ccc(O)cc1)c1ccc(O)cc1.CCC1(CC)C(=O)NC(=O)NC1=O.O=C(Oc1ccc(O)cc1)c1ccc(O)cc1.O=COCC(=O)CC(=O)O.O=COCOCC(=O)O.O=COCSCC(=O)O.Oc1ccc(C(c2ccc(O)cc2)(C(F)(F)F)C(F)(F)F)cc1. The minimum Gasteiger partial charge on any atom is -0.508 e. The van der Waals surface area contributed by atoms with Crippen LogP contribution in [0.3, 0.4) is 0 Å². The van der Waals surface area contributed by atoms with Gasteiger partial charge in [0.15, 0.2) is 12.6 Å². The largest absolute Gasteiger partial charge is 0.508 e. The Bertz CT molecular complexity index is 3380. The van der Waals surface area contributed by atoms with Gasteiger partial charge in [0.25, 0.3) is 19.4 Å². The van der Waals surface area contributed by atoms with Crippen LogP contribution in [0.25, 0.3) is 0 Å². The molecule has 1 heterocycles. The number of imide groups is 2. The first-order valence-electron chi connectivity index (χ1n) is 27.7. The number of nitrogens with one attached hydrogen (secondary N) is 2. The van der Waals surface area contributed by atoms with Crippen molar-refractivity contribution in [1.82, 2.24) is 10.6 Å². The Morgan fingerprint density at radius 3 is 1.17 bits per heavy atom. The molecule has 1 aliphatic heterocycles. The number of rotatable bonds is 23. The van der Waals surface area contributed by atoms with E-state index in [0.29, 0.717) is 48.4 Å². The fourth-order valence-electron chi connectivity index (χ4n) is 7.83.